The standard InChI is InChI=1S/C13H10F3NO/c1-9-10(7-17)8-18-12(9,13(14,15)16)11-5-3-2-4-6-11/h2-6H,8H2,1H3. The second kappa shape index (κ2) is 4.14. The van der Waals surface area contributed by atoms with Crippen LogP contribution in [-0.2, 0) is 10.3 Å². The molecule has 0 saturated carbocycles. The molecule has 94 valence electrons. The van der Waals surface area contributed by atoms with Crippen molar-refractivity contribution < 1.29 is 17.9 Å². The zero-order chi connectivity index (χ0) is 13.4. The van der Waals surface area contributed by atoms with Crippen LogP contribution in [0.15, 0.2) is 41.5 Å². The third-order valence-electron chi connectivity index (χ3n) is 3.13. The zero-order valence-electron chi connectivity index (χ0n) is 9.58. The van der Waals surface area contributed by atoms with Crippen molar-refractivity contribution in [2.24, 2.45) is 0 Å². The summed E-state index contributed by atoms with van der Waals surface area (Å²) in [4.78, 5) is 0. The van der Waals surface area contributed by atoms with E-state index < -0.39 is 11.8 Å². The van der Waals surface area contributed by atoms with Gasteiger partial charge in [-0.05, 0) is 18.1 Å². The molecule has 1 unspecified atom stereocenters. The molecule has 2 nitrogen and oxygen atoms in total. The lowest BCUT2D eigenvalue weighted by atomic mass is 9.85. The van der Waals surface area contributed by atoms with Gasteiger partial charge in [-0.1, -0.05) is 30.3 Å². The lowest BCUT2D eigenvalue weighted by molar-refractivity contribution is -0.258. The van der Waals surface area contributed by atoms with Gasteiger partial charge >= 0.3 is 6.18 Å². The number of halogens is 3. The summed E-state index contributed by atoms with van der Waals surface area (Å²) in [7, 11) is 0. The smallest absolute Gasteiger partial charge is 0.351 e. The highest BCUT2D eigenvalue weighted by Crippen LogP contribution is 2.51. The van der Waals surface area contributed by atoms with Crippen molar-refractivity contribution in [2.75, 3.05) is 6.61 Å². The number of alkyl halides is 3. The summed E-state index contributed by atoms with van der Waals surface area (Å²) in [6, 6.07) is 9.15. The first kappa shape index (κ1) is 12.7. The van der Waals surface area contributed by atoms with Crippen molar-refractivity contribution in [1.29, 1.82) is 5.26 Å². The fraction of sp³-hybridized carbons (Fsp3) is 0.308. The van der Waals surface area contributed by atoms with Gasteiger partial charge in [-0.3, -0.25) is 0 Å². The highest BCUT2D eigenvalue weighted by atomic mass is 19.4. The Morgan fingerprint density at radius 1 is 1.28 bits per heavy atom. The molecule has 1 atom stereocenters. The van der Waals surface area contributed by atoms with Crippen molar-refractivity contribution in [2.45, 2.75) is 18.7 Å². The Labute approximate surface area is 102 Å². The number of hydrogen-bond acceptors (Lipinski definition) is 2. The van der Waals surface area contributed by atoms with E-state index >= 15 is 0 Å². The lowest BCUT2D eigenvalue weighted by Gasteiger charge is -2.33. The predicted octanol–water partition coefficient (Wildman–Crippen LogP) is 3.31. The van der Waals surface area contributed by atoms with Crippen LogP contribution in [0.5, 0.6) is 0 Å². The molecule has 1 aromatic carbocycles. The molecule has 1 aliphatic heterocycles. The summed E-state index contributed by atoms with van der Waals surface area (Å²) in [5.74, 6) is 0. The fourth-order valence-electron chi connectivity index (χ4n) is 2.16. The molecule has 0 N–H and O–H groups in total. The van der Waals surface area contributed by atoms with Crippen LogP contribution in [0, 0.1) is 11.3 Å². The van der Waals surface area contributed by atoms with E-state index in [1.165, 1.54) is 31.2 Å². The molecule has 0 spiro atoms. The quantitative estimate of drug-likeness (QED) is 0.769. The molecule has 5 heteroatoms. The predicted molar refractivity (Wildman–Crippen MR) is 58.4 cm³/mol. The summed E-state index contributed by atoms with van der Waals surface area (Å²) in [5, 5.41) is 8.83. The highest BCUT2D eigenvalue weighted by Gasteiger charge is 2.61. The molecule has 0 radical (unpaired) electrons. The molecule has 18 heavy (non-hydrogen) atoms. The van der Waals surface area contributed by atoms with Gasteiger partial charge in [-0.25, -0.2) is 0 Å². The number of benzene rings is 1. The summed E-state index contributed by atoms with van der Waals surface area (Å²) >= 11 is 0. The second-order valence-corrected chi connectivity index (χ2v) is 4.05. The minimum absolute atomic E-state index is 0.000231. The Morgan fingerprint density at radius 3 is 2.33 bits per heavy atom. The molecule has 1 heterocycles. The van der Waals surface area contributed by atoms with E-state index in [2.05, 4.69) is 0 Å². The minimum atomic E-state index is -4.60. The Balaban J connectivity index is 2.67. The number of hydrogen-bond donors (Lipinski definition) is 0. The topological polar surface area (TPSA) is 33.0 Å². The molecule has 0 amide bonds. The first-order valence-electron chi connectivity index (χ1n) is 5.30. The van der Waals surface area contributed by atoms with Gasteiger partial charge in [0.15, 0.2) is 0 Å². The van der Waals surface area contributed by atoms with Crippen LogP contribution >= 0.6 is 0 Å². The number of ether oxygens (including phenoxy) is 1. The van der Waals surface area contributed by atoms with Crippen LogP contribution in [0.1, 0.15) is 12.5 Å². The van der Waals surface area contributed by atoms with Gasteiger partial charge in [0.25, 0.3) is 0 Å². The van der Waals surface area contributed by atoms with Crippen molar-refractivity contribution in [1.82, 2.24) is 0 Å². The Kier molecular flexibility index (Phi) is 2.91. The summed E-state index contributed by atoms with van der Waals surface area (Å²) in [6.45, 7) is 0.989. The van der Waals surface area contributed by atoms with Gasteiger partial charge in [-0.15, -0.1) is 0 Å². The van der Waals surface area contributed by atoms with Gasteiger partial charge in [0.1, 0.15) is 0 Å². The molecular weight excluding hydrogens is 243 g/mol. The van der Waals surface area contributed by atoms with E-state index in [0.29, 0.717) is 0 Å². The summed E-state index contributed by atoms with van der Waals surface area (Å²) < 4.78 is 45.2. The van der Waals surface area contributed by atoms with Crippen molar-refractivity contribution in [3.05, 3.63) is 47.0 Å². The molecule has 0 aliphatic carbocycles. The number of rotatable bonds is 1. The van der Waals surface area contributed by atoms with Crippen molar-refractivity contribution in [3.8, 4) is 6.07 Å². The molecule has 2 rings (SSSR count). The van der Waals surface area contributed by atoms with Crippen molar-refractivity contribution in [3.63, 3.8) is 0 Å². The van der Waals surface area contributed by atoms with Gasteiger partial charge in [0, 0.05) is 0 Å². The Bertz CT molecular complexity index is 527. The van der Waals surface area contributed by atoms with Crippen LogP contribution in [0.3, 0.4) is 0 Å². The maximum Gasteiger partial charge on any atom is 0.425 e. The average Bonchev–Trinajstić information content (AvgIpc) is 2.68. The Morgan fingerprint density at radius 2 is 1.89 bits per heavy atom. The van der Waals surface area contributed by atoms with E-state index in [1.807, 2.05) is 0 Å². The largest absolute Gasteiger partial charge is 0.425 e. The van der Waals surface area contributed by atoms with E-state index in [1.54, 1.807) is 12.1 Å². The molecule has 0 saturated heterocycles. The van der Waals surface area contributed by atoms with E-state index in [0.717, 1.165) is 0 Å². The van der Waals surface area contributed by atoms with Crippen LogP contribution < -0.4 is 0 Å². The molecular formula is C13H10F3NO. The first-order valence-corrected chi connectivity index (χ1v) is 5.30. The molecule has 1 aliphatic rings. The van der Waals surface area contributed by atoms with Crippen LogP contribution in [-0.4, -0.2) is 12.8 Å². The third-order valence-corrected chi connectivity index (χ3v) is 3.13. The molecule has 0 bridgehead atoms. The van der Waals surface area contributed by atoms with Gasteiger partial charge in [-0.2, -0.15) is 18.4 Å². The van der Waals surface area contributed by atoms with Crippen LogP contribution in [0.2, 0.25) is 0 Å². The maximum absolute atomic E-state index is 13.4. The summed E-state index contributed by atoms with van der Waals surface area (Å²) in [5.41, 5.74) is -2.53. The van der Waals surface area contributed by atoms with Gasteiger partial charge in [0.05, 0.1) is 18.2 Å². The number of nitrogens with zero attached hydrogens (tertiary/aromatic N) is 1. The maximum atomic E-state index is 13.4. The SMILES string of the molecule is CC1=C(C#N)COC1(c1ccccc1)C(F)(F)F. The van der Waals surface area contributed by atoms with E-state index in [9.17, 15) is 13.2 Å². The normalized spacial score (nSPS) is 24.2. The van der Waals surface area contributed by atoms with Gasteiger partial charge < -0.3 is 4.74 Å². The number of nitriles is 1. The van der Waals surface area contributed by atoms with Crippen molar-refractivity contribution >= 4 is 0 Å². The highest BCUT2D eigenvalue weighted by molar-refractivity contribution is 5.44. The third kappa shape index (κ3) is 1.61. The van der Waals surface area contributed by atoms with Gasteiger partial charge in [0.2, 0.25) is 5.60 Å². The zero-order valence-corrected chi connectivity index (χ0v) is 9.58. The first-order chi connectivity index (χ1) is 8.43. The fourth-order valence-corrected chi connectivity index (χ4v) is 2.16. The average molecular weight is 253 g/mol. The molecule has 0 fully saturated rings. The summed E-state index contributed by atoms with van der Waals surface area (Å²) in [6.07, 6.45) is -4.60. The molecule has 1 aromatic rings. The minimum Gasteiger partial charge on any atom is -0.351 e. The second-order valence-electron chi connectivity index (χ2n) is 4.05. The van der Waals surface area contributed by atoms with Crippen LogP contribution in [0.25, 0.3) is 0 Å². The monoisotopic (exact) mass is 253 g/mol. The molecule has 0 aromatic heterocycles. The van der Waals surface area contributed by atoms with Crippen LogP contribution in [0.4, 0.5) is 13.2 Å². The van der Waals surface area contributed by atoms with E-state index in [4.69, 9.17) is 10.00 Å². The lowest BCUT2D eigenvalue weighted by Crippen LogP contribution is -2.43. The van der Waals surface area contributed by atoms with E-state index in [-0.39, 0.29) is 23.3 Å². The Hall–Kier alpha value is -1.80.